The van der Waals surface area contributed by atoms with E-state index in [0.29, 0.717) is 0 Å². The highest BCUT2D eigenvalue weighted by molar-refractivity contribution is 5.42. The Morgan fingerprint density at radius 1 is 1.32 bits per heavy atom. The summed E-state index contributed by atoms with van der Waals surface area (Å²) >= 11 is 0. The normalized spacial score (nSPS) is 12.5. The van der Waals surface area contributed by atoms with Crippen molar-refractivity contribution in [2.75, 3.05) is 41.4 Å². The van der Waals surface area contributed by atoms with E-state index in [9.17, 15) is 0 Å². The molecule has 0 aliphatic heterocycles. The van der Waals surface area contributed by atoms with Crippen molar-refractivity contribution in [1.82, 2.24) is 10.2 Å². The summed E-state index contributed by atoms with van der Waals surface area (Å²) in [6.07, 6.45) is 1.01. The van der Waals surface area contributed by atoms with Crippen molar-refractivity contribution in [1.29, 1.82) is 0 Å². The molecule has 4 nitrogen and oxygen atoms in total. The number of hydrogen-bond acceptors (Lipinski definition) is 4. The molecule has 1 atom stereocenters. The highest BCUT2D eigenvalue weighted by atomic mass is 16.5. The predicted octanol–water partition coefficient (Wildman–Crippen LogP) is 2.31. The Kier molecular flexibility index (Phi) is 6.67. The van der Waals surface area contributed by atoms with Gasteiger partial charge in [0.15, 0.2) is 0 Å². The zero-order chi connectivity index (χ0) is 14.3. The minimum Gasteiger partial charge on any atom is -0.497 e. The first-order chi connectivity index (χ1) is 9.08. The molecular formula is C15H26N2O2. The number of nitrogens with zero attached hydrogens (tertiary/aromatic N) is 1. The summed E-state index contributed by atoms with van der Waals surface area (Å²) in [6.45, 7) is 3.87. The lowest BCUT2D eigenvalue weighted by Gasteiger charge is -2.18. The summed E-state index contributed by atoms with van der Waals surface area (Å²) in [7, 11) is 7.76. The van der Waals surface area contributed by atoms with E-state index >= 15 is 0 Å². The monoisotopic (exact) mass is 266 g/mol. The Bertz CT molecular complexity index is 380. The molecule has 0 aliphatic carbocycles. The van der Waals surface area contributed by atoms with Crippen LogP contribution in [0, 0.1) is 0 Å². The minimum atomic E-state index is 0.259. The van der Waals surface area contributed by atoms with Gasteiger partial charge in [-0.15, -0.1) is 0 Å². The Labute approximate surface area is 116 Å². The van der Waals surface area contributed by atoms with Gasteiger partial charge in [0.2, 0.25) is 0 Å². The minimum absolute atomic E-state index is 0.259. The summed E-state index contributed by atoms with van der Waals surface area (Å²) in [5, 5.41) is 3.24. The molecule has 0 bridgehead atoms. The second-order valence-corrected chi connectivity index (χ2v) is 4.92. The van der Waals surface area contributed by atoms with E-state index in [1.54, 1.807) is 7.11 Å². The van der Waals surface area contributed by atoms with Gasteiger partial charge in [-0.05, 0) is 40.6 Å². The predicted molar refractivity (Wildman–Crippen MR) is 79.1 cm³/mol. The van der Waals surface area contributed by atoms with E-state index in [2.05, 4.69) is 37.3 Å². The molecule has 19 heavy (non-hydrogen) atoms. The second kappa shape index (κ2) is 8.02. The third-order valence-corrected chi connectivity index (χ3v) is 3.13. The van der Waals surface area contributed by atoms with Gasteiger partial charge in [0, 0.05) is 24.2 Å². The Hall–Kier alpha value is -1.26. The van der Waals surface area contributed by atoms with Crippen LogP contribution in [0.3, 0.4) is 0 Å². The Balaban J connectivity index is 2.71. The van der Waals surface area contributed by atoms with Gasteiger partial charge in [-0.2, -0.15) is 0 Å². The van der Waals surface area contributed by atoms with Crippen molar-refractivity contribution in [3.05, 3.63) is 23.8 Å². The summed E-state index contributed by atoms with van der Waals surface area (Å²) in [5.74, 6) is 1.73. The molecule has 1 rings (SSSR count). The van der Waals surface area contributed by atoms with Crippen molar-refractivity contribution in [3.63, 3.8) is 0 Å². The molecule has 4 heteroatoms. The molecule has 0 spiro atoms. The van der Waals surface area contributed by atoms with Crippen LogP contribution in [0.5, 0.6) is 11.5 Å². The van der Waals surface area contributed by atoms with Crippen molar-refractivity contribution in [2.24, 2.45) is 0 Å². The lowest BCUT2D eigenvalue weighted by molar-refractivity contribution is 0.276. The van der Waals surface area contributed by atoms with Crippen LogP contribution >= 0.6 is 0 Å². The molecule has 0 radical (unpaired) electrons. The van der Waals surface area contributed by atoms with E-state index in [1.807, 2.05) is 19.2 Å². The second-order valence-electron chi connectivity index (χ2n) is 4.92. The Morgan fingerprint density at radius 3 is 2.63 bits per heavy atom. The fraction of sp³-hybridized carbons (Fsp3) is 0.600. The molecule has 1 aromatic carbocycles. The standard InChI is InChI=1S/C15H26N2O2/c1-12(16-2)14-8-7-13(18-5)11-15(14)19-10-6-9-17(3)4/h7-8,11-12,16H,6,9-10H2,1-5H3. The van der Waals surface area contributed by atoms with E-state index < -0.39 is 0 Å². The fourth-order valence-corrected chi connectivity index (χ4v) is 1.84. The molecule has 1 unspecified atom stereocenters. The number of methoxy groups -OCH3 is 1. The zero-order valence-electron chi connectivity index (χ0n) is 12.7. The van der Waals surface area contributed by atoms with Gasteiger partial charge in [0.1, 0.15) is 11.5 Å². The third kappa shape index (κ3) is 5.09. The first kappa shape index (κ1) is 15.8. The van der Waals surface area contributed by atoms with Gasteiger partial charge >= 0.3 is 0 Å². The maximum Gasteiger partial charge on any atom is 0.127 e. The van der Waals surface area contributed by atoms with Crippen molar-refractivity contribution in [2.45, 2.75) is 19.4 Å². The van der Waals surface area contributed by atoms with E-state index in [-0.39, 0.29) is 6.04 Å². The number of rotatable bonds is 8. The molecule has 1 N–H and O–H groups in total. The SMILES string of the molecule is CNC(C)c1ccc(OC)cc1OCCCN(C)C. The zero-order valence-corrected chi connectivity index (χ0v) is 12.7. The van der Waals surface area contributed by atoms with Crippen LogP contribution in [-0.2, 0) is 0 Å². The molecule has 0 saturated heterocycles. The molecule has 0 amide bonds. The molecule has 0 fully saturated rings. The average Bonchev–Trinajstić information content (AvgIpc) is 2.42. The van der Waals surface area contributed by atoms with Gasteiger partial charge in [-0.3, -0.25) is 0 Å². The largest absolute Gasteiger partial charge is 0.497 e. The maximum absolute atomic E-state index is 5.91. The van der Waals surface area contributed by atoms with E-state index in [1.165, 1.54) is 0 Å². The summed E-state index contributed by atoms with van der Waals surface area (Å²) in [4.78, 5) is 2.16. The summed E-state index contributed by atoms with van der Waals surface area (Å²) in [6, 6.07) is 6.24. The highest BCUT2D eigenvalue weighted by Gasteiger charge is 2.11. The van der Waals surface area contributed by atoms with Crippen LogP contribution in [0.1, 0.15) is 24.9 Å². The van der Waals surface area contributed by atoms with Gasteiger partial charge < -0.3 is 19.7 Å². The van der Waals surface area contributed by atoms with Crippen LogP contribution in [0.25, 0.3) is 0 Å². The number of hydrogen-bond donors (Lipinski definition) is 1. The number of benzene rings is 1. The van der Waals surface area contributed by atoms with Crippen molar-refractivity contribution < 1.29 is 9.47 Å². The third-order valence-electron chi connectivity index (χ3n) is 3.13. The molecule has 108 valence electrons. The number of ether oxygens (including phenoxy) is 2. The van der Waals surface area contributed by atoms with Crippen LogP contribution in [-0.4, -0.2) is 46.3 Å². The highest BCUT2D eigenvalue weighted by Crippen LogP contribution is 2.29. The molecular weight excluding hydrogens is 240 g/mol. The lowest BCUT2D eigenvalue weighted by atomic mass is 10.1. The number of nitrogens with one attached hydrogen (secondary N) is 1. The van der Waals surface area contributed by atoms with Gasteiger partial charge in [-0.1, -0.05) is 6.07 Å². The van der Waals surface area contributed by atoms with Gasteiger partial charge in [0.05, 0.1) is 13.7 Å². The van der Waals surface area contributed by atoms with Crippen LogP contribution in [0.15, 0.2) is 18.2 Å². The first-order valence-electron chi connectivity index (χ1n) is 6.71. The first-order valence-corrected chi connectivity index (χ1v) is 6.71. The van der Waals surface area contributed by atoms with Crippen molar-refractivity contribution in [3.8, 4) is 11.5 Å². The van der Waals surface area contributed by atoms with E-state index in [4.69, 9.17) is 9.47 Å². The maximum atomic E-state index is 5.91. The average molecular weight is 266 g/mol. The van der Waals surface area contributed by atoms with Crippen molar-refractivity contribution >= 4 is 0 Å². The van der Waals surface area contributed by atoms with Crippen LogP contribution in [0.4, 0.5) is 0 Å². The van der Waals surface area contributed by atoms with Crippen LogP contribution < -0.4 is 14.8 Å². The van der Waals surface area contributed by atoms with Crippen LogP contribution in [0.2, 0.25) is 0 Å². The summed E-state index contributed by atoms with van der Waals surface area (Å²) in [5.41, 5.74) is 1.16. The Morgan fingerprint density at radius 2 is 2.05 bits per heavy atom. The van der Waals surface area contributed by atoms with Gasteiger partial charge in [-0.25, -0.2) is 0 Å². The molecule has 0 aromatic heterocycles. The molecule has 0 aliphatic rings. The quantitative estimate of drug-likeness (QED) is 0.732. The topological polar surface area (TPSA) is 33.7 Å². The summed E-state index contributed by atoms with van der Waals surface area (Å²) < 4.78 is 11.2. The molecule has 0 saturated carbocycles. The molecule has 0 heterocycles. The lowest BCUT2D eigenvalue weighted by Crippen LogP contribution is -2.17. The van der Waals surface area contributed by atoms with E-state index in [0.717, 1.165) is 36.6 Å². The smallest absolute Gasteiger partial charge is 0.127 e. The fourth-order valence-electron chi connectivity index (χ4n) is 1.84. The molecule has 1 aromatic rings. The van der Waals surface area contributed by atoms with Gasteiger partial charge in [0.25, 0.3) is 0 Å².